The van der Waals surface area contributed by atoms with Crippen LogP contribution in [-0.2, 0) is 11.3 Å². The Hall–Kier alpha value is -2.31. The van der Waals surface area contributed by atoms with Gasteiger partial charge in [-0.15, -0.1) is 0 Å². The van der Waals surface area contributed by atoms with Crippen LogP contribution in [0.5, 0.6) is 0 Å². The molecule has 0 fully saturated rings. The van der Waals surface area contributed by atoms with Gasteiger partial charge in [-0.2, -0.15) is 0 Å². The van der Waals surface area contributed by atoms with E-state index in [0.29, 0.717) is 33.3 Å². The SMILES string of the molecule is CCCn1c(SCC(=O)Nc2c(C)cc(C)cc2Cl)nc2ccccc2c1=O. The summed E-state index contributed by atoms with van der Waals surface area (Å²) < 4.78 is 1.64. The highest BCUT2D eigenvalue weighted by Crippen LogP contribution is 2.28. The Labute approximate surface area is 173 Å². The van der Waals surface area contributed by atoms with Crippen LogP contribution in [0, 0.1) is 13.8 Å². The summed E-state index contributed by atoms with van der Waals surface area (Å²) in [5.41, 5.74) is 3.14. The molecule has 1 N–H and O–H groups in total. The molecular formula is C21H22ClN3O2S. The summed E-state index contributed by atoms with van der Waals surface area (Å²) in [6.07, 6.45) is 0.803. The van der Waals surface area contributed by atoms with Crippen molar-refractivity contribution in [3.8, 4) is 0 Å². The molecule has 5 nitrogen and oxygen atoms in total. The van der Waals surface area contributed by atoms with Gasteiger partial charge in [0.25, 0.3) is 5.56 Å². The average molecular weight is 416 g/mol. The second kappa shape index (κ2) is 8.80. The maximum atomic E-state index is 12.8. The molecular weight excluding hydrogens is 394 g/mol. The molecule has 28 heavy (non-hydrogen) atoms. The Bertz CT molecular complexity index is 1070. The quantitative estimate of drug-likeness (QED) is 0.463. The first kappa shape index (κ1) is 20.4. The molecule has 0 saturated heterocycles. The molecule has 146 valence electrons. The van der Waals surface area contributed by atoms with Crippen LogP contribution in [0.3, 0.4) is 0 Å². The van der Waals surface area contributed by atoms with Gasteiger partial charge in [-0.3, -0.25) is 14.2 Å². The van der Waals surface area contributed by atoms with E-state index in [2.05, 4.69) is 10.3 Å². The van der Waals surface area contributed by atoms with E-state index in [9.17, 15) is 9.59 Å². The van der Waals surface area contributed by atoms with Crippen molar-refractivity contribution in [3.05, 3.63) is 62.9 Å². The monoisotopic (exact) mass is 415 g/mol. The molecule has 0 aliphatic carbocycles. The molecule has 0 spiro atoms. The number of carbonyl (C=O) groups is 1. The number of nitrogens with one attached hydrogen (secondary N) is 1. The van der Waals surface area contributed by atoms with Crippen LogP contribution in [0.1, 0.15) is 24.5 Å². The predicted octanol–water partition coefficient (Wildman–Crippen LogP) is 4.81. The number of para-hydroxylation sites is 1. The number of rotatable bonds is 6. The number of halogens is 1. The summed E-state index contributed by atoms with van der Waals surface area (Å²) in [6.45, 7) is 6.43. The minimum Gasteiger partial charge on any atom is -0.324 e. The van der Waals surface area contributed by atoms with Gasteiger partial charge in [0.15, 0.2) is 5.16 Å². The van der Waals surface area contributed by atoms with Gasteiger partial charge in [0.1, 0.15) is 0 Å². The highest BCUT2D eigenvalue weighted by atomic mass is 35.5. The number of carbonyl (C=O) groups excluding carboxylic acids is 1. The van der Waals surface area contributed by atoms with Crippen molar-refractivity contribution < 1.29 is 4.79 Å². The number of aromatic nitrogens is 2. The van der Waals surface area contributed by atoms with Crippen LogP contribution < -0.4 is 10.9 Å². The molecule has 0 radical (unpaired) electrons. The third-order valence-electron chi connectivity index (χ3n) is 4.30. The van der Waals surface area contributed by atoms with Crippen molar-refractivity contribution in [1.29, 1.82) is 0 Å². The summed E-state index contributed by atoms with van der Waals surface area (Å²) in [7, 11) is 0. The Morgan fingerprint density at radius 1 is 1.25 bits per heavy atom. The van der Waals surface area contributed by atoms with Crippen molar-refractivity contribution in [2.45, 2.75) is 38.9 Å². The maximum Gasteiger partial charge on any atom is 0.262 e. The van der Waals surface area contributed by atoms with Crippen LogP contribution in [0.4, 0.5) is 5.69 Å². The Balaban J connectivity index is 1.82. The van der Waals surface area contributed by atoms with E-state index < -0.39 is 0 Å². The first-order valence-corrected chi connectivity index (χ1v) is 10.5. The van der Waals surface area contributed by atoms with Crippen molar-refractivity contribution >= 4 is 45.9 Å². The summed E-state index contributed by atoms with van der Waals surface area (Å²) in [5.74, 6) is -0.0534. The van der Waals surface area contributed by atoms with Crippen LogP contribution in [0.15, 0.2) is 46.3 Å². The highest BCUT2D eigenvalue weighted by molar-refractivity contribution is 7.99. The lowest BCUT2D eigenvalue weighted by atomic mass is 10.1. The van der Waals surface area contributed by atoms with Gasteiger partial charge in [0.2, 0.25) is 5.91 Å². The van der Waals surface area contributed by atoms with E-state index in [1.165, 1.54) is 11.8 Å². The highest BCUT2D eigenvalue weighted by Gasteiger charge is 2.14. The Morgan fingerprint density at radius 2 is 2.00 bits per heavy atom. The normalized spacial score (nSPS) is 11.0. The molecule has 0 aliphatic rings. The van der Waals surface area contributed by atoms with Crippen molar-refractivity contribution in [2.75, 3.05) is 11.1 Å². The fourth-order valence-corrected chi connectivity index (χ4v) is 4.25. The van der Waals surface area contributed by atoms with E-state index in [-0.39, 0.29) is 17.2 Å². The van der Waals surface area contributed by atoms with Gasteiger partial charge >= 0.3 is 0 Å². The minimum absolute atomic E-state index is 0.0761. The summed E-state index contributed by atoms with van der Waals surface area (Å²) in [5, 5.41) is 4.53. The third kappa shape index (κ3) is 4.39. The number of amides is 1. The largest absolute Gasteiger partial charge is 0.324 e. The second-order valence-electron chi connectivity index (χ2n) is 6.64. The number of benzene rings is 2. The standard InChI is InChI=1S/C21H22ClN3O2S/c1-4-9-25-20(27)15-7-5-6-8-17(15)23-21(25)28-12-18(26)24-19-14(3)10-13(2)11-16(19)22/h5-8,10-11H,4,9,12H2,1-3H3,(H,24,26). The number of nitrogens with zero attached hydrogens (tertiary/aromatic N) is 2. The first-order valence-electron chi connectivity index (χ1n) is 9.09. The van der Waals surface area contributed by atoms with E-state index in [1.54, 1.807) is 10.6 Å². The smallest absolute Gasteiger partial charge is 0.262 e. The number of hydrogen-bond donors (Lipinski definition) is 1. The molecule has 1 aromatic heterocycles. The Morgan fingerprint density at radius 3 is 2.71 bits per heavy atom. The second-order valence-corrected chi connectivity index (χ2v) is 7.99. The lowest BCUT2D eigenvalue weighted by molar-refractivity contribution is -0.113. The fraction of sp³-hybridized carbons (Fsp3) is 0.286. The average Bonchev–Trinajstić information content (AvgIpc) is 2.65. The summed E-state index contributed by atoms with van der Waals surface area (Å²) in [4.78, 5) is 29.9. The first-order chi connectivity index (χ1) is 13.4. The predicted molar refractivity (Wildman–Crippen MR) is 117 cm³/mol. The van der Waals surface area contributed by atoms with Gasteiger partial charge in [-0.25, -0.2) is 4.98 Å². The van der Waals surface area contributed by atoms with E-state index in [4.69, 9.17) is 11.6 Å². The number of anilines is 1. The van der Waals surface area contributed by atoms with Gasteiger partial charge in [0, 0.05) is 6.54 Å². The molecule has 0 aliphatic heterocycles. The van der Waals surface area contributed by atoms with Crippen molar-refractivity contribution in [1.82, 2.24) is 9.55 Å². The molecule has 0 atom stereocenters. The van der Waals surface area contributed by atoms with Gasteiger partial charge in [-0.05, 0) is 49.6 Å². The van der Waals surface area contributed by atoms with E-state index in [0.717, 1.165) is 17.5 Å². The molecule has 0 bridgehead atoms. The Kier molecular flexibility index (Phi) is 6.42. The number of aryl methyl sites for hydroxylation is 2. The summed E-state index contributed by atoms with van der Waals surface area (Å²) >= 11 is 7.52. The topological polar surface area (TPSA) is 64.0 Å². The zero-order chi connectivity index (χ0) is 20.3. The molecule has 0 saturated carbocycles. The lowest BCUT2D eigenvalue weighted by Gasteiger charge is -2.13. The van der Waals surface area contributed by atoms with Crippen molar-refractivity contribution in [2.24, 2.45) is 0 Å². The molecule has 3 aromatic rings. The number of fused-ring (bicyclic) bond motifs is 1. The molecule has 7 heteroatoms. The fourth-order valence-electron chi connectivity index (χ4n) is 3.06. The van der Waals surface area contributed by atoms with E-state index >= 15 is 0 Å². The van der Waals surface area contributed by atoms with Crippen LogP contribution >= 0.6 is 23.4 Å². The van der Waals surface area contributed by atoms with Gasteiger partial charge in [0.05, 0.1) is 27.4 Å². The maximum absolute atomic E-state index is 12.8. The zero-order valence-corrected chi connectivity index (χ0v) is 17.7. The summed E-state index contributed by atoms with van der Waals surface area (Å²) in [6, 6.07) is 11.1. The van der Waals surface area contributed by atoms with Gasteiger partial charge in [-0.1, -0.05) is 48.5 Å². The van der Waals surface area contributed by atoms with Crippen molar-refractivity contribution in [3.63, 3.8) is 0 Å². The van der Waals surface area contributed by atoms with Gasteiger partial charge < -0.3 is 5.32 Å². The molecule has 3 rings (SSSR count). The molecule has 2 aromatic carbocycles. The zero-order valence-electron chi connectivity index (χ0n) is 16.1. The van der Waals surface area contributed by atoms with Crippen LogP contribution in [0.25, 0.3) is 10.9 Å². The molecule has 0 unspecified atom stereocenters. The van der Waals surface area contributed by atoms with E-state index in [1.807, 2.05) is 51.1 Å². The minimum atomic E-state index is -0.190. The number of thioether (sulfide) groups is 1. The molecule has 1 amide bonds. The third-order valence-corrected chi connectivity index (χ3v) is 5.58. The lowest BCUT2D eigenvalue weighted by Crippen LogP contribution is -2.24. The number of hydrogen-bond acceptors (Lipinski definition) is 4. The molecule has 1 heterocycles. The van der Waals surface area contributed by atoms with Crippen LogP contribution in [0.2, 0.25) is 5.02 Å². The van der Waals surface area contributed by atoms with Crippen LogP contribution in [-0.4, -0.2) is 21.2 Å².